The van der Waals surface area contributed by atoms with Crippen molar-refractivity contribution >= 4 is 0 Å². The van der Waals surface area contributed by atoms with Crippen LogP contribution in [0, 0.1) is 5.92 Å². The summed E-state index contributed by atoms with van der Waals surface area (Å²) in [6.45, 7) is 6.50. The summed E-state index contributed by atoms with van der Waals surface area (Å²) >= 11 is 0. The second kappa shape index (κ2) is 6.01. The van der Waals surface area contributed by atoms with Gasteiger partial charge < -0.3 is 15.0 Å². The van der Waals surface area contributed by atoms with Crippen molar-refractivity contribution in [2.75, 3.05) is 6.61 Å². The average Bonchev–Trinajstić information content (AvgIpc) is 2.70. The van der Waals surface area contributed by atoms with Gasteiger partial charge in [-0.1, -0.05) is 13.8 Å². The fourth-order valence-electron chi connectivity index (χ4n) is 1.73. The molecule has 1 heterocycles. The molecule has 4 heteroatoms. The van der Waals surface area contributed by atoms with Gasteiger partial charge in [-0.2, -0.15) is 0 Å². The van der Waals surface area contributed by atoms with Crippen LogP contribution in [0.1, 0.15) is 39.1 Å². The van der Waals surface area contributed by atoms with Gasteiger partial charge in [0.2, 0.25) is 0 Å². The summed E-state index contributed by atoms with van der Waals surface area (Å²) in [6, 6.07) is 0.538. The van der Waals surface area contributed by atoms with E-state index in [0.29, 0.717) is 0 Å². The van der Waals surface area contributed by atoms with Crippen molar-refractivity contribution in [1.29, 1.82) is 0 Å². The molecule has 16 heavy (non-hydrogen) atoms. The van der Waals surface area contributed by atoms with E-state index >= 15 is 0 Å². The maximum absolute atomic E-state index is 9.12. The molecule has 1 aromatic heterocycles. The molecule has 1 rings (SSSR count). The number of aryl methyl sites for hydroxylation is 1. The number of nitrogens with one attached hydrogen (secondary N) is 1. The van der Waals surface area contributed by atoms with Crippen LogP contribution >= 0.6 is 0 Å². The summed E-state index contributed by atoms with van der Waals surface area (Å²) in [7, 11) is 2.01. The lowest BCUT2D eigenvalue weighted by Gasteiger charge is -2.25. The van der Waals surface area contributed by atoms with Crippen molar-refractivity contribution < 1.29 is 5.11 Å². The Labute approximate surface area is 97.7 Å². The standard InChI is InChI=1S/C12H23N3O/c1-5-11(12-13-6-7-15(12)4)14-10(3)9(2)8-16/h6-7,9-11,14,16H,5,8H2,1-4H3. The minimum Gasteiger partial charge on any atom is -0.396 e. The summed E-state index contributed by atoms with van der Waals surface area (Å²) in [6.07, 6.45) is 4.77. The molecule has 0 radical (unpaired) electrons. The highest BCUT2D eigenvalue weighted by molar-refractivity contribution is 4.99. The lowest BCUT2D eigenvalue weighted by atomic mass is 10.0. The molecular formula is C12H23N3O. The zero-order valence-corrected chi connectivity index (χ0v) is 10.6. The molecule has 3 unspecified atom stereocenters. The molecule has 0 saturated heterocycles. The van der Waals surface area contributed by atoms with Crippen LogP contribution in [-0.2, 0) is 7.05 Å². The van der Waals surface area contributed by atoms with Crippen LogP contribution in [0.3, 0.4) is 0 Å². The van der Waals surface area contributed by atoms with Crippen LogP contribution < -0.4 is 5.32 Å². The third-order valence-electron chi connectivity index (χ3n) is 3.18. The minimum atomic E-state index is 0.213. The Bertz CT molecular complexity index is 311. The molecule has 0 amide bonds. The maximum atomic E-state index is 9.12. The number of imidazole rings is 1. The fraction of sp³-hybridized carbons (Fsp3) is 0.750. The Kier molecular flexibility index (Phi) is 4.96. The monoisotopic (exact) mass is 225 g/mol. The summed E-state index contributed by atoms with van der Waals surface area (Å²) in [5.41, 5.74) is 0. The molecule has 4 nitrogen and oxygen atoms in total. The van der Waals surface area contributed by atoms with Crippen LogP contribution in [0.15, 0.2) is 12.4 Å². The van der Waals surface area contributed by atoms with Crippen LogP contribution in [0.4, 0.5) is 0 Å². The van der Waals surface area contributed by atoms with E-state index in [1.165, 1.54) is 0 Å². The summed E-state index contributed by atoms with van der Waals surface area (Å²) in [4.78, 5) is 4.36. The number of aliphatic hydroxyl groups excluding tert-OH is 1. The summed E-state index contributed by atoms with van der Waals surface area (Å²) in [5, 5.41) is 12.6. The van der Waals surface area contributed by atoms with E-state index in [4.69, 9.17) is 5.11 Å². The van der Waals surface area contributed by atoms with E-state index < -0.39 is 0 Å². The molecule has 92 valence electrons. The van der Waals surface area contributed by atoms with Gasteiger partial charge in [-0.3, -0.25) is 0 Å². The first kappa shape index (κ1) is 13.2. The first-order chi connectivity index (χ1) is 7.60. The average molecular weight is 225 g/mol. The summed E-state index contributed by atoms with van der Waals surface area (Å²) in [5.74, 6) is 1.31. The molecule has 2 N–H and O–H groups in total. The summed E-state index contributed by atoms with van der Waals surface area (Å²) < 4.78 is 2.04. The lowest BCUT2D eigenvalue weighted by molar-refractivity contribution is 0.199. The van der Waals surface area contributed by atoms with Crippen LogP contribution in [-0.4, -0.2) is 27.3 Å². The first-order valence-corrected chi connectivity index (χ1v) is 5.94. The molecular weight excluding hydrogens is 202 g/mol. The molecule has 0 spiro atoms. The van der Waals surface area contributed by atoms with Gasteiger partial charge in [-0.25, -0.2) is 4.98 Å². The quantitative estimate of drug-likeness (QED) is 0.771. The molecule has 0 aliphatic carbocycles. The minimum absolute atomic E-state index is 0.213. The first-order valence-electron chi connectivity index (χ1n) is 5.94. The highest BCUT2D eigenvalue weighted by Gasteiger charge is 2.19. The zero-order valence-electron chi connectivity index (χ0n) is 10.6. The normalized spacial score (nSPS) is 17.1. The molecule has 1 aromatic rings. The number of aliphatic hydroxyl groups is 1. The van der Waals surface area contributed by atoms with E-state index in [1.54, 1.807) is 0 Å². The third kappa shape index (κ3) is 3.06. The van der Waals surface area contributed by atoms with Crippen molar-refractivity contribution in [3.8, 4) is 0 Å². The molecule has 0 aliphatic heterocycles. The van der Waals surface area contributed by atoms with Gasteiger partial charge in [0.15, 0.2) is 0 Å². The van der Waals surface area contributed by atoms with Gasteiger partial charge in [0.25, 0.3) is 0 Å². The fourth-order valence-corrected chi connectivity index (χ4v) is 1.73. The SMILES string of the molecule is CCC(NC(C)C(C)CO)c1nccn1C. The largest absolute Gasteiger partial charge is 0.396 e. The van der Waals surface area contributed by atoms with E-state index in [2.05, 4.69) is 24.1 Å². The predicted octanol–water partition coefficient (Wildman–Crippen LogP) is 1.48. The van der Waals surface area contributed by atoms with Gasteiger partial charge in [-0.05, 0) is 19.3 Å². The lowest BCUT2D eigenvalue weighted by Crippen LogP contribution is -2.37. The highest BCUT2D eigenvalue weighted by Crippen LogP contribution is 2.16. The van der Waals surface area contributed by atoms with Crippen molar-refractivity contribution in [3.63, 3.8) is 0 Å². The Morgan fingerprint density at radius 2 is 2.19 bits per heavy atom. The number of hydrogen-bond acceptors (Lipinski definition) is 3. The van der Waals surface area contributed by atoms with Gasteiger partial charge in [0.1, 0.15) is 5.82 Å². The van der Waals surface area contributed by atoms with Crippen molar-refractivity contribution in [2.45, 2.75) is 39.3 Å². The second-order valence-electron chi connectivity index (χ2n) is 4.47. The van der Waals surface area contributed by atoms with Gasteiger partial charge >= 0.3 is 0 Å². The zero-order chi connectivity index (χ0) is 12.1. The Balaban J connectivity index is 2.66. The van der Waals surface area contributed by atoms with Crippen LogP contribution in [0.25, 0.3) is 0 Å². The highest BCUT2D eigenvalue weighted by atomic mass is 16.3. The number of nitrogens with zero attached hydrogens (tertiary/aromatic N) is 2. The molecule has 0 aliphatic rings. The molecule has 0 aromatic carbocycles. The van der Waals surface area contributed by atoms with E-state index in [1.807, 2.05) is 30.9 Å². The van der Waals surface area contributed by atoms with E-state index in [0.717, 1.165) is 12.2 Å². The number of aromatic nitrogens is 2. The Morgan fingerprint density at radius 3 is 2.62 bits per heavy atom. The Morgan fingerprint density at radius 1 is 1.50 bits per heavy atom. The smallest absolute Gasteiger partial charge is 0.125 e. The maximum Gasteiger partial charge on any atom is 0.125 e. The molecule has 0 fully saturated rings. The van der Waals surface area contributed by atoms with Crippen molar-refractivity contribution in [1.82, 2.24) is 14.9 Å². The van der Waals surface area contributed by atoms with Gasteiger partial charge in [-0.15, -0.1) is 0 Å². The number of rotatable bonds is 6. The Hall–Kier alpha value is -0.870. The molecule has 3 atom stereocenters. The topological polar surface area (TPSA) is 50.1 Å². The number of hydrogen-bond donors (Lipinski definition) is 2. The van der Waals surface area contributed by atoms with Crippen molar-refractivity contribution in [3.05, 3.63) is 18.2 Å². The van der Waals surface area contributed by atoms with Gasteiger partial charge in [0.05, 0.1) is 6.04 Å². The predicted molar refractivity (Wildman–Crippen MR) is 65.1 cm³/mol. The van der Waals surface area contributed by atoms with Gasteiger partial charge in [0, 0.05) is 32.1 Å². The van der Waals surface area contributed by atoms with E-state index in [9.17, 15) is 0 Å². The third-order valence-corrected chi connectivity index (χ3v) is 3.18. The van der Waals surface area contributed by atoms with E-state index in [-0.39, 0.29) is 24.6 Å². The second-order valence-corrected chi connectivity index (χ2v) is 4.47. The van der Waals surface area contributed by atoms with Crippen LogP contribution in [0.2, 0.25) is 0 Å². The van der Waals surface area contributed by atoms with Crippen molar-refractivity contribution in [2.24, 2.45) is 13.0 Å². The van der Waals surface area contributed by atoms with Crippen LogP contribution in [0.5, 0.6) is 0 Å². The molecule has 0 bridgehead atoms. The molecule has 0 saturated carbocycles.